The van der Waals surface area contributed by atoms with Crippen LogP contribution >= 0.6 is 0 Å². The van der Waals surface area contributed by atoms with Crippen LogP contribution in [0.2, 0.25) is 0 Å². The highest BCUT2D eigenvalue weighted by Gasteiger charge is 2.26. The summed E-state index contributed by atoms with van der Waals surface area (Å²) in [5.41, 5.74) is 3.26. The van der Waals surface area contributed by atoms with E-state index in [1.165, 1.54) is 13.0 Å². The first kappa shape index (κ1) is 20.3. The Morgan fingerprint density at radius 2 is 1.79 bits per heavy atom. The number of hydrogen-bond donors (Lipinski definition) is 1. The fraction of sp³-hybridized carbons (Fsp3) is 0.526. The molecule has 28 heavy (non-hydrogen) atoms. The lowest BCUT2D eigenvalue weighted by Gasteiger charge is -2.29. The Morgan fingerprint density at radius 1 is 1.11 bits per heavy atom. The Morgan fingerprint density at radius 3 is 2.46 bits per heavy atom. The second-order valence-corrected chi connectivity index (χ2v) is 6.90. The quantitative estimate of drug-likeness (QED) is 0.865. The van der Waals surface area contributed by atoms with Crippen molar-refractivity contribution in [1.29, 1.82) is 5.26 Å². The Labute approximate surface area is 162 Å². The van der Waals surface area contributed by atoms with Gasteiger partial charge < -0.3 is 15.1 Å². The Kier molecular flexibility index (Phi) is 7.01. The van der Waals surface area contributed by atoms with E-state index in [2.05, 4.69) is 31.2 Å². The van der Waals surface area contributed by atoms with Crippen molar-refractivity contribution in [2.75, 3.05) is 50.7 Å². The summed E-state index contributed by atoms with van der Waals surface area (Å²) in [4.78, 5) is 13.8. The van der Waals surface area contributed by atoms with Crippen LogP contribution in [0.5, 0.6) is 0 Å². The normalized spacial score (nSPS) is 20.1. The Balaban J connectivity index is 0.000000516. The molecule has 0 aliphatic carbocycles. The Hall–Kier alpha value is -2.44. The van der Waals surface area contributed by atoms with E-state index in [1.807, 2.05) is 12.1 Å². The molecule has 0 bridgehead atoms. The molecule has 1 N–H and O–H groups in total. The predicted octanol–water partition coefficient (Wildman–Crippen LogP) is 2.41. The molecule has 0 saturated carbocycles. The highest BCUT2D eigenvalue weighted by molar-refractivity contribution is 5.92. The van der Waals surface area contributed by atoms with Crippen LogP contribution in [0.15, 0.2) is 24.5 Å². The molecule has 3 heterocycles. The maximum Gasteiger partial charge on any atom is 0.379 e. The minimum atomic E-state index is -3.67. The predicted molar refractivity (Wildman–Crippen MR) is 101 cm³/mol. The van der Waals surface area contributed by atoms with Gasteiger partial charge in [-0.1, -0.05) is 0 Å². The van der Waals surface area contributed by atoms with Crippen molar-refractivity contribution in [2.45, 2.75) is 13.1 Å². The van der Waals surface area contributed by atoms with E-state index in [1.54, 1.807) is 12.4 Å². The van der Waals surface area contributed by atoms with Crippen molar-refractivity contribution in [1.82, 2.24) is 20.2 Å². The molecule has 9 heteroatoms. The molecule has 1 aromatic carbocycles. The molecule has 2 fully saturated rings. The van der Waals surface area contributed by atoms with Crippen molar-refractivity contribution in [3.8, 4) is 6.07 Å². The topological polar surface area (TPSA) is 68.1 Å². The number of nitriles is 1. The van der Waals surface area contributed by atoms with E-state index >= 15 is 0 Å². The van der Waals surface area contributed by atoms with E-state index < -0.39 is 6.68 Å². The molecular formula is C19H23F3N6. The first-order chi connectivity index (χ1) is 13.6. The number of hydrogen-bond acceptors (Lipinski definition) is 6. The number of piperazine rings is 1. The number of alkyl halides is 3. The van der Waals surface area contributed by atoms with Gasteiger partial charge in [0.2, 0.25) is 0 Å². The Bertz CT molecular complexity index is 816. The number of aromatic nitrogens is 2. The van der Waals surface area contributed by atoms with Crippen molar-refractivity contribution < 1.29 is 13.2 Å². The van der Waals surface area contributed by atoms with Crippen LogP contribution in [-0.2, 0) is 0 Å². The van der Waals surface area contributed by atoms with E-state index in [0.717, 1.165) is 50.5 Å². The summed E-state index contributed by atoms with van der Waals surface area (Å²) in [6.07, 6.45) is 4.58. The van der Waals surface area contributed by atoms with Gasteiger partial charge in [0.25, 0.3) is 0 Å². The summed E-state index contributed by atoms with van der Waals surface area (Å²) >= 11 is 0. The average Bonchev–Trinajstić information content (AvgIpc) is 3.15. The summed E-state index contributed by atoms with van der Waals surface area (Å²) in [5, 5.41) is 12.7. The van der Waals surface area contributed by atoms with Crippen LogP contribution in [-0.4, -0.2) is 67.4 Å². The number of benzene rings is 1. The van der Waals surface area contributed by atoms with Gasteiger partial charge in [0.1, 0.15) is 17.1 Å². The molecule has 0 radical (unpaired) electrons. The van der Waals surface area contributed by atoms with E-state index in [-0.39, 0.29) is 0 Å². The third-order valence-electron chi connectivity index (χ3n) is 5.08. The number of nitrogens with zero attached hydrogens (tertiary/aromatic N) is 5. The zero-order valence-electron chi connectivity index (χ0n) is 15.5. The van der Waals surface area contributed by atoms with Gasteiger partial charge in [-0.2, -0.15) is 18.4 Å². The summed E-state index contributed by atoms with van der Waals surface area (Å²) in [5.74, 6) is 0.700. The lowest BCUT2D eigenvalue weighted by molar-refractivity contribution is 0.00819. The number of anilines is 1. The minimum Gasteiger partial charge on any atom is -0.369 e. The number of halogens is 3. The fourth-order valence-corrected chi connectivity index (χ4v) is 3.85. The molecule has 4 rings (SSSR count). The fourth-order valence-electron chi connectivity index (χ4n) is 3.85. The van der Waals surface area contributed by atoms with Crippen LogP contribution in [0.25, 0.3) is 11.0 Å². The second kappa shape index (κ2) is 9.66. The van der Waals surface area contributed by atoms with Gasteiger partial charge in [-0.3, -0.25) is 9.97 Å². The van der Waals surface area contributed by atoms with Gasteiger partial charge >= 0.3 is 6.68 Å². The van der Waals surface area contributed by atoms with Crippen molar-refractivity contribution in [3.63, 3.8) is 0 Å². The number of rotatable bonds is 3. The van der Waals surface area contributed by atoms with Gasteiger partial charge in [0.05, 0.1) is 11.3 Å². The monoisotopic (exact) mass is 392 g/mol. The zero-order chi connectivity index (χ0) is 19.9. The number of nitrogens with one attached hydrogen (secondary N) is 1. The van der Waals surface area contributed by atoms with E-state index in [9.17, 15) is 18.4 Å². The molecule has 1 aromatic heterocycles. The first-order valence-corrected chi connectivity index (χ1v) is 9.32. The molecule has 2 aliphatic heterocycles. The van der Waals surface area contributed by atoms with Gasteiger partial charge in [-0.25, -0.2) is 0 Å². The SMILES string of the molecule is FC(F)F.N#Cc1ccc(N2CCC(CN3CCNCC3)C2)c2nccnc12. The van der Waals surface area contributed by atoms with Crippen LogP contribution in [0.3, 0.4) is 0 Å². The van der Waals surface area contributed by atoms with Crippen molar-refractivity contribution >= 4 is 16.7 Å². The van der Waals surface area contributed by atoms with E-state index in [0.29, 0.717) is 17.0 Å². The summed E-state index contributed by atoms with van der Waals surface area (Å²) in [7, 11) is 0. The maximum atomic E-state index is 9.67. The van der Waals surface area contributed by atoms with Crippen LogP contribution in [0, 0.1) is 17.2 Å². The molecule has 2 aliphatic rings. The summed E-state index contributed by atoms with van der Waals surface area (Å²) in [6, 6.07) is 6.12. The van der Waals surface area contributed by atoms with Crippen LogP contribution in [0.1, 0.15) is 12.0 Å². The largest absolute Gasteiger partial charge is 0.379 e. The minimum absolute atomic E-state index is 0.596. The molecular weight excluding hydrogens is 369 g/mol. The smallest absolute Gasteiger partial charge is 0.369 e. The van der Waals surface area contributed by atoms with Gasteiger partial charge in [-0.05, 0) is 24.5 Å². The molecule has 1 atom stereocenters. The van der Waals surface area contributed by atoms with Gasteiger partial charge in [0, 0.05) is 58.2 Å². The third-order valence-corrected chi connectivity index (χ3v) is 5.08. The van der Waals surface area contributed by atoms with Crippen LogP contribution < -0.4 is 10.2 Å². The molecule has 1 unspecified atom stereocenters. The highest BCUT2D eigenvalue weighted by Crippen LogP contribution is 2.30. The van der Waals surface area contributed by atoms with Gasteiger partial charge in [0.15, 0.2) is 0 Å². The lowest BCUT2D eigenvalue weighted by atomic mass is 10.1. The molecule has 150 valence electrons. The van der Waals surface area contributed by atoms with E-state index in [4.69, 9.17) is 0 Å². The molecule has 0 amide bonds. The van der Waals surface area contributed by atoms with Crippen molar-refractivity contribution in [2.24, 2.45) is 5.92 Å². The summed E-state index contributed by atoms with van der Waals surface area (Å²) < 4.78 is 29.0. The summed E-state index contributed by atoms with van der Waals surface area (Å²) in [6.45, 7) is 4.13. The molecule has 2 aromatic rings. The maximum absolute atomic E-state index is 9.67. The second-order valence-electron chi connectivity index (χ2n) is 6.90. The molecule has 6 nitrogen and oxygen atoms in total. The standard InChI is InChI=1S/C18H22N6.CHF3/c19-11-15-1-2-16(18-17(15)21-4-5-22-18)24-8-3-14(13-24)12-23-9-6-20-7-10-23;2-1(3)4/h1-2,4-5,14,20H,3,6-10,12-13H2;1H. The van der Waals surface area contributed by atoms with Crippen molar-refractivity contribution in [3.05, 3.63) is 30.1 Å². The number of fused-ring (bicyclic) bond motifs is 1. The third kappa shape index (κ3) is 5.09. The van der Waals surface area contributed by atoms with Crippen LogP contribution in [0.4, 0.5) is 18.9 Å². The zero-order valence-corrected chi connectivity index (χ0v) is 15.5. The van der Waals surface area contributed by atoms with Gasteiger partial charge in [-0.15, -0.1) is 0 Å². The molecule has 0 spiro atoms. The molecule has 2 saturated heterocycles. The average molecular weight is 392 g/mol. The first-order valence-electron chi connectivity index (χ1n) is 9.32. The highest BCUT2D eigenvalue weighted by atomic mass is 19.4. The lowest BCUT2D eigenvalue weighted by Crippen LogP contribution is -2.45.